The summed E-state index contributed by atoms with van der Waals surface area (Å²) >= 11 is 0. The van der Waals surface area contributed by atoms with Gasteiger partial charge in [-0.1, -0.05) is 30.3 Å². The molecule has 0 bridgehead atoms. The molecule has 0 amide bonds. The van der Waals surface area contributed by atoms with Crippen LogP contribution in [-0.4, -0.2) is 27.7 Å². The van der Waals surface area contributed by atoms with Crippen molar-refractivity contribution in [1.82, 2.24) is 19.9 Å². The number of anilines is 1. The molecule has 5 rings (SSSR count). The summed E-state index contributed by atoms with van der Waals surface area (Å²) in [4.78, 5) is 4.64. The molecule has 1 fully saturated rings. The maximum atomic E-state index is 6.08. The lowest BCUT2D eigenvalue weighted by Gasteiger charge is -2.16. The highest BCUT2D eigenvalue weighted by Gasteiger charge is 2.28. The molecule has 1 aromatic carbocycles. The van der Waals surface area contributed by atoms with Gasteiger partial charge in [0.1, 0.15) is 5.76 Å². The molecule has 6 heteroatoms. The van der Waals surface area contributed by atoms with Crippen LogP contribution in [0.2, 0.25) is 0 Å². The highest BCUT2D eigenvalue weighted by Crippen LogP contribution is 2.40. The van der Waals surface area contributed by atoms with Crippen molar-refractivity contribution in [2.45, 2.75) is 31.7 Å². The highest BCUT2D eigenvalue weighted by atomic mass is 16.5. The van der Waals surface area contributed by atoms with Crippen molar-refractivity contribution in [2.24, 2.45) is 0 Å². The quantitative estimate of drug-likeness (QED) is 0.704. The first-order valence-corrected chi connectivity index (χ1v) is 9.61. The molecule has 2 aromatic heterocycles. The van der Waals surface area contributed by atoms with Crippen LogP contribution in [0.1, 0.15) is 36.4 Å². The fraction of sp³-hybridized carbons (Fsp3) is 0.333. The van der Waals surface area contributed by atoms with Crippen LogP contribution in [0.25, 0.3) is 5.65 Å². The molecule has 3 aromatic rings. The summed E-state index contributed by atoms with van der Waals surface area (Å²) in [7, 11) is 0. The normalized spacial score (nSPS) is 17.0. The van der Waals surface area contributed by atoms with E-state index in [1.54, 1.807) is 0 Å². The van der Waals surface area contributed by atoms with Gasteiger partial charge >= 0.3 is 0 Å². The van der Waals surface area contributed by atoms with Crippen molar-refractivity contribution in [2.75, 3.05) is 18.4 Å². The van der Waals surface area contributed by atoms with Crippen LogP contribution in [-0.2, 0) is 6.54 Å². The maximum Gasteiger partial charge on any atom is 0.239 e. The number of nitrogens with one attached hydrogen (secondary N) is 2. The van der Waals surface area contributed by atoms with Crippen molar-refractivity contribution >= 4 is 11.3 Å². The van der Waals surface area contributed by atoms with Crippen LogP contribution in [0, 0.1) is 0 Å². The monoisotopic (exact) mass is 361 g/mol. The third-order valence-corrected chi connectivity index (χ3v) is 5.02. The number of hydrogen-bond donors (Lipinski definition) is 2. The predicted molar refractivity (Wildman–Crippen MR) is 105 cm³/mol. The van der Waals surface area contributed by atoms with Gasteiger partial charge < -0.3 is 15.4 Å². The molecule has 2 aliphatic rings. The number of hydrogen-bond acceptors (Lipinski definition) is 5. The van der Waals surface area contributed by atoms with E-state index in [1.807, 2.05) is 22.8 Å². The second-order valence-electron chi connectivity index (χ2n) is 7.17. The lowest BCUT2D eigenvalue weighted by molar-refractivity contribution is 0.371. The summed E-state index contributed by atoms with van der Waals surface area (Å²) in [6.07, 6.45) is 7.49. The van der Waals surface area contributed by atoms with Gasteiger partial charge in [-0.25, -0.2) is 9.50 Å². The van der Waals surface area contributed by atoms with Crippen LogP contribution in [0.3, 0.4) is 0 Å². The number of rotatable bonds is 6. The van der Waals surface area contributed by atoms with Gasteiger partial charge in [-0.3, -0.25) is 0 Å². The Balaban J connectivity index is 1.48. The largest absolute Gasteiger partial charge is 0.441 e. The molecule has 0 spiro atoms. The number of benzene rings is 1. The highest BCUT2D eigenvalue weighted by molar-refractivity contribution is 5.69. The summed E-state index contributed by atoms with van der Waals surface area (Å²) in [5.41, 5.74) is 4.20. The lowest BCUT2D eigenvalue weighted by atomic mass is 10.2. The van der Waals surface area contributed by atoms with Gasteiger partial charge in [0.05, 0.1) is 24.1 Å². The number of nitrogens with zero attached hydrogens (tertiary/aromatic N) is 3. The zero-order chi connectivity index (χ0) is 18.1. The molecule has 0 saturated heterocycles. The smallest absolute Gasteiger partial charge is 0.239 e. The Morgan fingerprint density at radius 2 is 2.11 bits per heavy atom. The zero-order valence-electron chi connectivity index (χ0n) is 15.2. The summed E-state index contributed by atoms with van der Waals surface area (Å²) < 4.78 is 8.04. The molecule has 3 heterocycles. The Kier molecular flexibility index (Phi) is 4.26. The molecule has 1 saturated carbocycles. The van der Waals surface area contributed by atoms with Gasteiger partial charge in [0.25, 0.3) is 0 Å². The fourth-order valence-corrected chi connectivity index (χ4v) is 3.42. The summed E-state index contributed by atoms with van der Waals surface area (Å²) in [6, 6.07) is 12.3. The molecule has 27 heavy (non-hydrogen) atoms. The van der Waals surface area contributed by atoms with E-state index in [-0.39, 0.29) is 0 Å². The lowest BCUT2D eigenvalue weighted by Crippen LogP contribution is -2.24. The molecule has 6 nitrogen and oxygen atoms in total. The number of aromatic nitrogens is 3. The van der Waals surface area contributed by atoms with Gasteiger partial charge in [0.2, 0.25) is 5.88 Å². The van der Waals surface area contributed by atoms with Crippen molar-refractivity contribution in [3.63, 3.8) is 0 Å². The Morgan fingerprint density at radius 1 is 1.22 bits per heavy atom. The SMILES string of the molecule is C1=C(Oc2cc(NCc3ccccc3)c3ncc(C4CC4)n3n2)CNCC1. The molecule has 1 aliphatic heterocycles. The van der Waals surface area contributed by atoms with E-state index in [2.05, 4.69) is 46.0 Å². The van der Waals surface area contributed by atoms with Gasteiger partial charge in [-0.05, 0) is 37.4 Å². The Morgan fingerprint density at radius 3 is 2.89 bits per heavy atom. The van der Waals surface area contributed by atoms with E-state index in [9.17, 15) is 0 Å². The molecule has 138 valence electrons. The van der Waals surface area contributed by atoms with Crippen molar-refractivity contribution in [3.05, 3.63) is 65.7 Å². The molecular formula is C21H23N5O. The third-order valence-electron chi connectivity index (χ3n) is 5.02. The molecule has 0 radical (unpaired) electrons. The van der Waals surface area contributed by atoms with Crippen molar-refractivity contribution < 1.29 is 4.74 Å². The first-order chi connectivity index (χ1) is 13.4. The molecule has 0 unspecified atom stereocenters. The van der Waals surface area contributed by atoms with Crippen molar-refractivity contribution in [1.29, 1.82) is 0 Å². The maximum absolute atomic E-state index is 6.08. The predicted octanol–water partition coefficient (Wildman–Crippen LogP) is 3.47. The van der Waals surface area contributed by atoms with E-state index in [4.69, 9.17) is 9.84 Å². The molecule has 2 N–H and O–H groups in total. The Labute approximate surface area is 158 Å². The minimum absolute atomic E-state index is 0.570. The average molecular weight is 361 g/mol. The second kappa shape index (κ2) is 7.04. The summed E-state index contributed by atoms with van der Waals surface area (Å²) in [5, 5.41) is 11.6. The fourth-order valence-electron chi connectivity index (χ4n) is 3.42. The van der Waals surface area contributed by atoms with E-state index in [0.29, 0.717) is 11.8 Å². The third kappa shape index (κ3) is 3.53. The Bertz CT molecular complexity index is 975. The zero-order valence-corrected chi connectivity index (χ0v) is 15.2. The molecule has 0 atom stereocenters. The standard InChI is InChI=1S/C21H23N5O/c1-2-5-15(6-3-1)12-23-18-11-20(27-17-7-4-10-22-13-17)25-26-19(16-8-9-16)14-24-21(18)26/h1-3,5-7,11,14,16,22-23H,4,8-10,12-13H2. The first kappa shape index (κ1) is 16.3. The average Bonchev–Trinajstić information content (AvgIpc) is 3.47. The summed E-state index contributed by atoms with van der Waals surface area (Å²) in [5.74, 6) is 2.10. The van der Waals surface area contributed by atoms with Gasteiger partial charge in [-0.15, -0.1) is 5.10 Å². The summed E-state index contributed by atoms with van der Waals surface area (Å²) in [6.45, 7) is 2.47. The Hall–Kier alpha value is -2.86. The number of imidazole rings is 1. The van der Waals surface area contributed by atoms with Gasteiger partial charge in [-0.2, -0.15) is 0 Å². The van der Waals surface area contributed by atoms with E-state index in [1.165, 1.54) is 24.1 Å². The van der Waals surface area contributed by atoms with Crippen LogP contribution in [0.5, 0.6) is 5.88 Å². The van der Waals surface area contributed by atoms with Crippen LogP contribution in [0.4, 0.5) is 5.69 Å². The molecular weight excluding hydrogens is 338 g/mol. The minimum atomic E-state index is 0.570. The second-order valence-corrected chi connectivity index (χ2v) is 7.17. The van der Waals surface area contributed by atoms with E-state index in [0.717, 1.165) is 43.1 Å². The molecule has 1 aliphatic carbocycles. The van der Waals surface area contributed by atoms with Crippen LogP contribution < -0.4 is 15.4 Å². The van der Waals surface area contributed by atoms with Gasteiger partial charge in [0.15, 0.2) is 5.65 Å². The van der Waals surface area contributed by atoms with E-state index < -0.39 is 0 Å². The van der Waals surface area contributed by atoms with Gasteiger partial charge in [0, 0.05) is 18.5 Å². The topological polar surface area (TPSA) is 63.5 Å². The van der Waals surface area contributed by atoms with Crippen molar-refractivity contribution in [3.8, 4) is 5.88 Å². The van der Waals surface area contributed by atoms with Crippen LogP contribution >= 0.6 is 0 Å². The first-order valence-electron chi connectivity index (χ1n) is 9.61. The van der Waals surface area contributed by atoms with Crippen LogP contribution in [0.15, 0.2) is 54.4 Å². The number of ether oxygens (including phenoxy) is 1. The number of fused-ring (bicyclic) bond motifs is 1. The minimum Gasteiger partial charge on any atom is -0.441 e. The van der Waals surface area contributed by atoms with E-state index >= 15 is 0 Å².